The second-order valence-corrected chi connectivity index (χ2v) is 4.20. The van der Waals surface area contributed by atoms with Gasteiger partial charge in [0.05, 0.1) is 11.6 Å². The second-order valence-electron chi connectivity index (χ2n) is 4.20. The zero-order valence-corrected chi connectivity index (χ0v) is 11.2. The molecule has 2 aromatic rings. The van der Waals surface area contributed by atoms with Gasteiger partial charge in [-0.2, -0.15) is 5.26 Å². The highest BCUT2D eigenvalue weighted by Gasteiger charge is 1.98. The summed E-state index contributed by atoms with van der Waals surface area (Å²) in [5, 5.41) is 12.7. The lowest BCUT2D eigenvalue weighted by Gasteiger charge is -1.98. The van der Waals surface area contributed by atoms with Gasteiger partial charge in [0.2, 0.25) is 0 Å². The Hall–Kier alpha value is -3.28. The summed E-state index contributed by atoms with van der Waals surface area (Å²) in [6.07, 6.45) is 5.54. The molecule has 0 aliphatic rings. The van der Waals surface area contributed by atoms with Crippen molar-refractivity contribution in [2.24, 2.45) is 5.11 Å². The van der Waals surface area contributed by atoms with Gasteiger partial charge < -0.3 is 0 Å². The molecule has 0 spiro atoms. The summed E-state index contributed by atoms with van der Waals surface area (Å²) in [7, 11) is 0. The van der Waals surface area contributed by atoms with Crippen molar-refractivity contribution in [3.05, 3.63) is 88.3 Å². The van der Waals surface area contributed by atoms with Crippen LogP contribution in [0.5, 0.6) is 0 Å². The van der Waals surface area contributed by atoms with Gasteiger partial charge in [-0.15, -0.1) is 0 Å². The van der Waals surface area contributed by atoms with Crippen LogP contribution in [-0.2, 0) is 0 Å². The summed E-state index contributed by atoms with van der Waals surface area (Å²) in [5.74, 6) is 0. The Balaban J connectivity index is 2.19. The van der Waals surface area contributed by atoms with Crippen LogP contribution < -0.4 is 0 Å². The van der Waals surface area contributed by atoms with Crippen LogP contribution in [0.3, 0.4) is 0 Å². The van der Waals surface area contributed by atoms with Crippen molar-refractivity contribution >= 4 is 17.3 Å². The topological polar surface area (TPSA) is 72.5 Å². The van der Waals surface area contributed by atoms with Gasteiger partial charge in [0.1, 0.15) is 0 Å². The van der Waals surface area contributed by atoms with E-state index in [1.807, 2.05) is 42.5 Å². The molecule has 0 unspecified atom stereocenters. The molecule has 0 radical (unpaired) electrons. The number of nitrogens with zero attached hydrogens (tertiary/aromatic N) is 4. The van der Waals surface area contributed by atoms with E-state index in [-0.39, 0.29) is 0 Å². The van der Waals surface area contributed by atoms with E-state index in [1.165, 1.54) is 0 Å². The lowest BCUT2D eigenvalue weighted by atomic mass is 10.1. The minimum absolute atomic E-state index is 0.526. The standard InChI is InChI=1S/C17H12N4/c18-13-16(8-4-7-14-5-2-1-3-6-14)15-9-11-17(12-10-15)20-21-19/h1-12H/b7-4+,16-8+. The molecular formula is C17H12N4. The Labute approximate surface area is 122 Å². The van der Waals surface area contributed by atoms with Crippen LogP contribution in [0.2, 0.25) is 0 Å². The largest absolute Gasteiger partial charge is 0.192 e. The highest BCUT2D eigenvalue weighted by molar-refractivity contribution is 5.79. The Bertz CT molecular complexity index is 744. The first-order chi connectivity index (χ1) is 10.3. The molecule has 0 bridgehead atoms. The Morgan fingerprint density at radius 1 is 1.10 bits per heavy atom. The zero-order chi connectivity index (χ0) is 14.9. The normalized spacial score (nSPS) is 10.9. The van der Waals surface area contributed by atoms with E-state index >= 15 is 0 Å². The molecule has 0 saturated carbocycles. The molecule has 2 rings (SSSR count). The van der Waals surface area contributed by atoms with Gasteiger partial charge >= 0.3 is 0 Å². The number of azide groups is 1. The highest BCUT2D eigenvalue weighted by atomic mass is 15.1. The summed E-state index contributed by atoms with van der Waals surface area (Å²) in [6.45, 7) is 0. The van der Waals surface area contributed by atoms with E-state index in [0.717, 1.165) is 11.1 Å². The number of hydrogen-bond acceptors (Lipinski definition) is 2. The first-order valence-electron chi connectivity index (χ1n) is 6.32. The molecule has 0 N–H and O–H groups in total. The number of rotatable bonds is 4. The van der Waals surface area contributed by atoms with Crippen molar-refractivity contribution in [3.63, 3.8) is 0 Å². The van der Waals surface area contributed by atoms with Crippen LogP contribution in [0, 0.1) is 11.3 Å². The number of benzene rings is 2. The Morgan fingerprint density at radius 2 is 1.81 bits per heavy atom. The molecular weight excluding hydrogens is 260 g/mol. The molecule has 0 aliphatic heterocycles. The fourth-order valence-electron chi connectivity index (χ4n) is 1.78. The minimum Gasteiger partial charge on any atom is -0.192 e. The van der Waals surface area contributed by atoms with Gasteiger partial charge in [-0.1, -0.05) is 71.9 Å². The SMILES string of the molecule is N#C/C(=C\C=C\c1ccccc1)c1ccc(N=[N+]=[N-])cc1. The van der Waals surface area contributed by atoms with E-state index in [4.69, 9.17) is 5.53 Å². The van der Waals surface area contributed by atoms with Crippen molar-refractivity contribution < 1.29 is 0 Å². The van der Waals surface area contributed by atoms with Gasteiger partial charge in [0, 0.05) is 10.6 Å². The second kappa shape index (κ2) is 7.34. The minimum atomic E-state index is 0.526. The Morgan fingerprint density at radius 3 is 2.43 bits per heavy atom. The molecule has 4 heteroatoms. The van der Waals surface area contributed by atoms with Crippen LogP contribution >= 0.6 is 0 Å². The lowest BCUT2D eigenvalue weighted by molar-refractivity contribution is 1.46. The molecule has 0 fully saturated rings. The van der Waals surface area contributed by atoms with E-state index in [1.54, 1.807) is 30.3 Å². The first kappa shape index (κ1) is 14.1. The van der Waals surface area contributed by atoms with Crippen molar-refractivity contribution in [1.82, 2.24) is 0 Å². The fourth-order valence-corrected chi connectivity index (χ4v) is 1.78. The van der Waals surface area contributed by atoms with Gasteiger partial charge in [0.25, 0.3) is 0 Å². The fraction of sp³-hybridized carbons (Fsp3) is 0. The van der Waals surface area contributed by atoms with Gasteiger partial charge in [-0.05, 0) is 22.7 Å². The van der Waals surface area contributed by atoms with E-state index < -0.39 is 0 Å². The average Bonchev–Trinajstić information content (AvgIpc) is 2.54. The maximum atomic E-state index is 9.22. The van der Waals surface area contributed by atoms with E-state index in [0.29, 0.717) is 11.3 Å². The number of nitriles is 1. The maximum absolute atomic E-state index is 9.22. The van der Waals surface area contributed by atoms with Gasteiger partial charge in [0.15, 0.2) is 0 Å². The highest BCUT2D eigenvalue weighted by Crippen LogP contribution is 2.19. The third kappa shape index (κ3) is 4.10. The monoisotopic (exact) mass is 272 g/mol. The van der Waals surface area contributed by atoms with E-state index in [9.17, 15) is 5.26 Å². The number of hydrogen-bond donors (Lipinski definition) is 0. The van der Waals surface area contributed by atoms with Crippen LogP contribution in [-0.4, -0.2) is 0 Å². The molecule has 4 nitrogen and oxygen atoms in total. The molecule has 0 aliphatic carbocycles. The van der Waals surface area contributed by atoms with Crippen molar-refractivity contribution in [1.29, 1.82) is 5.26 Å². The van der Waals surface area contributed by atoms with Crippen LogP contribution in [0.1, 0.15) is 11.1 Å². The van der Waals surface area contributed by atoms with Crippen molar-refractivity contribution in [2.45, 2.75) is 0 Å². The van der Waals surface area contributed by atoms with Crippen LogP contribution in [0.15, 0.2) is 71.9 Å². The van der Waals surface area contributed by atoms with Crippen LogP contribution in [0.25, 0.3) is 22.1 Å². The molecule has 0 aromatic heterocycles. The quantitative estimate of drug-likeness (QED) is 0.246. The van der Waals surface area contributed by atoms with Crippen molar-refractivity contribution in [3.8, 4) is 6.07 Å². The number of allylic oxidation sites excluding steroid dienone is 3. The van der Waals surface area contributed by atoms with Gasteiger partial charge in [-0.25, -0.2) is 0 Å². The summed E-state index contributed by atoms with van der Waals surface area (Å²) >= 11 is 0. The summed E-state index contributed by atoms with van der Waals surface area (Å²) in [4.78, 5) is 2.72. The maximum Gasteiger partial charge on any atom is 0.0997 e. The molecule has 100 valence electrons. The average molecular weight is 272 g/mol. The summed E-state index contributed by atoms with van der Waals surface area (Å²) in [5.41, 5.74) is 11.3. The summed E-state index contributed by atoms with van der Waals surface area (Å²) in [6, 6.07) is 18.9. The van der Waals surface area contributed by atoms with Crippen LogP contribution in [0.4, 0.5) is 5.69 Å². The van der Waals surface area contributed by atoms with Crippen molar-refractivity contribution in [2.75, 3.05) is 0 Å². The third-order valence-electron chi connectivity index (χ3n) is 2.81. The molecule has 0 saturated heterocycles. The molecule has 0 heterocycles. The predicted octanol–water partition coefficient (Wildman–Crippen LogP) is 5.25. The Kier molecular flexibility index (Phi) is 4.94. The summed E-state index contributed by atoms with van der Waals surface area (Å²) < 4.78 is 0. The molecule has 2 aromatic carbocycles. The molecule has 21 heavy (non-hydrogen) atoms. The zero-order valence-electron chi connectivity index (χ0n) is 11.2. The predicted molar refractivity (Wildman–Crippen MR) is 84.3 cm³/mol. The molecule has 0 amide bonds. The molecule has 0 atom stereocenters. The smallest absolute Gasteiger partial charge is 0.0997 e. The lowest BCUT2D eigenvalue weighted by Crippen LogP contribution is -1.79. The third-order valence-corrected chi connectivity index (χ3v) is 2.81. The van der Waals surface area contributed by atoms with E-state index in [2.05, 4.69) is 16.1 Å². The first-order valence-corrected chi connectivity index (χ1v) is 6.32. The van der Waals surface area contributed by atoms with Gasteiger partial charge in [-0.3, -0.25) is 0 Å².